The number of hydrogen-bond acceptors (Lipinski definition) is 3. The van der Waals surface area contributed by atoms with Gasteiger partial charge >= 0.3 is 0 Å². The number of aliphatic hydroxyl groups is 1. The van der Waals surface area contributed by atoms with Gasteiger partial charge in [-0.3, -0.25) is 4.79 Å². The van der Waals surface area contributed by atoms with Gasteiger partial charge in [0.2, 0.25) is 5.91 Å². The van der Waals surface area contributed by atoms with Crippen LogP contribution in [0.3, 0.4) is 0 Å². The first kappa shape index (κ1) is 13.8. The van der Waals surface area contributed by atoms with Gasteiger partial charge in [-0.25, -0.2) is 0 Å². The van der Waals surface area contributed by atoms with E-state index >= 15 is 0 Å². The summed E-state index contributed by atoms with van der Waals surface area (Å²) in [6.07, 6.45) is 1.61. The van der Waals surface area contributed by atoms with Gasteiger partial charge in [0.05, 0.1) is 5.75 Å². The third kappa shape index (κ3) is 9.86. The monoisotopic (exact) mass is 219 g/mol. The molecule has 0 aliphatic heterocycles. The third-order valence-electron chi connectivity index (χ3n) is 1.54. The maximum Gasteiger partial charge on any atom is 0.230 e. The lowest BCUT2D eigenvalue weighted by atomic mass is 10.3. The first-order valence-corrected chi connectivity index (χ1v) is 5.96. The Morgan fingerprint density at radius 1 is 1.36 bits per heavy atom. The minimum absolute atomic E-state index is 0.0860. The molecule has 3 nitrogen and oxygen atoms in total. The van der Waals surface area contributed by atoms with Crippen molar-refractivity contribution in [1.82, 2.24) is 5.32 Å². The number of aliphatic hydroxyl groups excluding tert-OH is 1. The van der Waals surface area contributed by atoms with Gasteiger partial charge in [-0.1, -0.05) is 20.8 Å². The van der Waals surface area contributed by atoms with Gasteiger partial charge in [-0.05, 0) is 12.8 Å². The van der Waals surface area contributed by atoms with Crippen LogP contribution in [-0.4, -0.2) is 34.7 Å². The predicted octanol–water partition coefficient (Wildman–Crippen LogP) is 1.41. The molecule has 0 aromatic rings. The molecule has 0 atom stereocenters. The highest BCUT2D eigenvalue weighted by Crippen LogP contribution is 2.22. The van der Waals surface area contributed by atoms with E-state index in [0.29, 0.717) is 12.3 Å². The maximum absolute atomic E-state index is 11.3. The van der Waals surface area contributed by atoms with E-state index in [1.165, 1.54) is 0 Å². The number of unbranched alkanes of at least 4 members (excludes halogenated alkanes) is 1. The molecule has 0 saturated heterocycles. The fraction of sp³-hybridized carbons (Fsp3) is 0.900. The van der Waals surface area contributed by atoms with E-state index in [9.17, 15) is 4.79 Å². The highest BCUT2D eigenvalue weighted by atomic mass is 32.2. The summed E-state index contributed by atoms with van der Waals surface area (Å²) in [6.45, 7) is 7.15. The number of amides is 1. The predicted molar refractivity (Wildman–Crippen MR) is 61.5 cm³/mol. The zero-order valence-electron chi connectivity index (χ0n) is 9.30. The van der Waals surface area contributed by atoms with Crippen LogP contribution in [0.15, 0.2) is 0 Å². The molecule has 4 heteroatoms. The summed E-state index contributed by atoms with van der Waals surface area (Å²) in [7, 11) is 0. The second-order valence-corrected chi connectivity index (χ2v) is 5.98. The summed E-state index contributed by atoms with van der Waals surface area (Å²) in [4.78, 5) is 11.3. The lowest BCUT2D eigenvalue weighted by Gasteiger charge is -2.16. The number of hydrogen-bond donors (Lipinski definition) is 2. The average molecular weight is 219 g/mol. The largest absolute Gasteiger partial charge is 0.396 e. The number of carbonyl (C=O) groups excluding carboxylic acids is 1. The van der Waals surface area contributed by atoms with E-state index in [4.69, 9.17) is 5.11 Å². The fourth-order valence-corrected chi connectivity index (χ4v) is 1.46. The van der Waals surface area contributed by atoms with Crippen LogP contribution in [0.5, 0.6) is 0 Å². The van der Waals surface area contributed by atoms with Crippen LogP contribution >= 0.6 is 11.8 Å². The first-order chi connectivity index (χ1) is 6.45. The molecule has 2 N–H and O–H groups in total. The van der Waals surface area contributed by atoms with Crippen LogP contribution in [0.1, 0.15) is 33.6 Å². The summed E-state index contributed by atoms with van der Waals surface area (Å²) in [6, 6.07) is 0. The molecule has 0 fully saturated rings. The molecule has 0 aromatic carbocycles. The van der Waals surface area contributed by atoms with Gasteiger partial charge in [0, 0.05) is 17.9 Å². The first-order valence-electron chi connectivity index (χ1n) is 4.97. The molecular weight excluding hydrogens is 198 g/mol. The number of carbonyl (C=O) groups is 1. The Kier molecular flexibility index (Phi) is 7.01. The SMILES string of the molecule is CC(C)(C)SCC(=O)NCCCCO. The quantitative estimate of drug-likeness (QED) is 0.664. The van der Waals surface area contributed by atoms with E-state index < -0.39 is 0 Å². The molecule has 0 aliphatic carbocycles. The van der Waals surface area contributed by atoms with Gasteiger partial charge in [0.15, 0.2) is 0 Å². The standard InChI is InChI=1S/C10H21NO2S/c1-10(2,3)14-8-9(13)11-6-4-5-7-12/h12H,4-8H2,1-3H3,(H,11,13). The average Bonchev–Trinajstić information content (AvgIpc) is 2.08. The smallest absolute Gasteiger partial charge is 0.230 e. The van der Waals surface area contributed by atoms with Crippen LogP contribution in [0.2, 0.25) is 0 Å². The van der Waals surface area contributed by atoms with Crippen LogP contribution in [-0.2, 0) is 4.79 Å². The molecule has 84 valence electrons. The Hall–Kier alpha value is -0.220. The fourth-order valence-electron chi connectivity index (χ4n) is 0.798. The highest BCUT2D eigenvalue weighted by Gasteiger charge is 2.12. The lowest BCUT2D eigenvalue weighted by Crippen LogP contribution is -2.28. The van der Waals surface area contributed by atoms with E-state index in [1.54, 1.807) is 11.8 Å². The Morgan fingerprint density at radius 2 is 2.00 bits per heavy atom. The van der Waals surface area contributed by atoms with Gasteiger partial charge in [-0.15, -0.1) is 11.8 Å². The van der Waals surface area contributed by atoms with Gasteiger partial charge < -0.3 is 10.4 Å². The third-order valence-corrected chi connectivity index (χ3v) is 2.82. The van der Waals surface area contributed by atoms with Crippen molar-refractivity contribution in [3.63, 3.8) is 0 Å². The van der Waals surface area contributed by atoms with E-state index in [2.05, 4.69) is 26.1 Å². The van der Waals surface area contributed by atoms with Crippen molar-refractivity contribution in [2.45, 2.75) is 38.4 Å². The van der Waals surface area contributed by atoms with Crippen molar-refractivity contribution in [2.24, 2.45) is 0 Å². The molecule has 0 unspecified atom stereocenters. The Labute approximate surface area is 90.7 Å². The minimum atomic E-state index is 0.0860. The zero-order valence-corrected chi connectivity index (χ0v) is 10.1. The normalized spacial score (nSPS) is 11.4. The van der Waals surface area contributed by atoms with Crippen molar-refractivity contribution in [1.29, 1.82) is 0 Å². The topological polar surface area (TPSA) is 49.3 Å². The number of thioether (sulfide) groups is 1. The number of rotatable bonds is 6. The molecule has 14 heavy (non-hydrogen) atoms. The Balaban J connectivity index is 3.38. The van der Waals surface area contributed by atoms with Crippen LogP contribution in [0, 0.1) is 0 Å². The molecule has 1 amide bonds. The molecule has 0 rings (SSSR count). The molecule has 0 bridgehead atoms. The minimum Gasteiger partial charge on any atom is -0.396 e. The summed E-state index contributed by atoms with van der Waals surface area (Å²) in [5, 5.41) is 11.3. The summed E-state index contributed by atoms with van der Waals surface area (Å²) >= 11 is 1.64. The Bertz CT molecular complexity index is 166. The maximum atomic E-state index is 11.3. The number of nitrogens with one attached hydrogen (secondary N) is 1. The van der Waals surface area contributed by atoms with Crippen molar-refractivity contribution >= 4 is 17.7 Å². The highest BCUT2D eigenvalue weighted by molar-refractivity contribution is 8.01. The van der Waals surface area contributed by atoms with E-state index in [1.807, 2.05) is 0 Å². The molecule has 0 saturated carbocycles. The van der Waals surface area contributed by atoms with Crippen molar-refractivity contribution in [3.05, 3.63) is 0 Å². The molecule has 0 radical (unpaired) electrons. The van der Waals surface area contributed by atoms with Gasteiger partial charge in [-0.2, -0.15) is 0 Å². The van der Waals surface area contributed by atoms with E-state index in [0.717, 1.165) is 12.8 Å². The Morgan fingerprint density at radius 3 is 2.50 bits per heavy atom. The van der Waals surface area contributed by atoms with E-state index in [-0.39, 0.29) is 17.3 Å². The zero-order chi connectivity index (χ0) is 11.0. The van der Waals surface area contributed by atoms with Gasteiger partial charge in [0.1, 0.15) is 0 Å². The summed E-state index contributed by atoms with van der Waals surface area (Å²) in [5.74, 6) is 0.602. The van der Waals surface area contributed by atoms with Crippen LogP contribution < -0.4 is 5.32 Å². The summed E-state index contributed by atoms with van der Waals surface area (Å²) in [5.41, 5.74) is 0. The van der Waals surface area contributed by atoms with Crippen molar-refractivity contribution in [3.8, 4) is 0 Å². The van der Waals surface area contributed by atoms with Crippen molar-refractivity contribution < 1.29 is 9.90 Å². The molecule has 0 aromatic heterocycles. The molecular formula is C10H21NO2S. The van der Waals surface area contributed by atoms with Gasteiger partial charge in [0.25, 0.3) is 0 Å². The molecule has 0 spiro atoms. The molecule has 0 aliphatic rings. The van der Waals surface area contributed by atoms with Crippen LogP contribution in [0.4, 0.5) is 0 Å². The lowest BCUT2D eigenvalue weighted by molar-refractivity contribution is -0.118. The van der Waals surface area contributed by atoms with Crippen LogP contribution in [0.25, 0.3) is 0 Å². The summed E-state index contributed by atoms with van der Waals surface area (Å²) < 4.78 is 0.141. The van der Waals surface area contributed by atoms with Crippen molar-refractivity contribution in [2.75, 3.05) is 18.9 Å². The second kappa shape index (κ2) is 7.12. The second-order valence-electron chi connectivity index (χ2n) is 4.18. The molecule has 0 heterocycles.